The van der Waals surface area contributed by atoms with Gasteiger partial charge in [-0.2, -0.15) is 12.7 Å². The molecule has 0 saturated carbocycles. The molecule has 1 fully saturated rings. The highest BCUT2D eigenvalue weighted by Crippen LogP contribution is 2.28. The lowest BCUT2D eigenvalue weighted by Crippen LogP contribution is -2.32. The van der Waals surface area contributed by atoms with Gasteiger partial charge in [0.1, 0.15) is 0 Å². The molecule has 78 valence electrons. The van der Waals surface area contributed by atoms with E-state index in [2.05, 4.69) is 4.18 Å². The van der Waals surface area contributed by atoms with E-state index in [4.69, 9.17) is 0 Å². The molecule has 0 aromatic carbocycles. The van der Waals surface area contributed by atoms with Crippen LogP contribution in [0.4, 0.5) is 8.78 Å². The third kappa shape index (κ3) is 2.58. The molecule has 0 aromatic rings. The van der Waals surface area contributed by atoms with Crippen LogP contribution in [0, 0.1) is 0 Å². The van der Waals surface area contributed by atoms with Crippen molar-refractivity contribution >= 4 is 10.3 Å². The maximum atomic E-state index is 12.6. The zero-order valence-corrected chi connectivity index (χ0v) is 7.98. The summed E-state index contributed by atoms with van der Waals surface area (Å²) in [5, 5.41) is 0. The predicted molar refractivity (Wildman–Crippen MR) is 41.7 cm³/mol. The number of hydrogen-bond donors (Lipinski definition) is 0. The normalized spacial score (nSPS) is 23.6. The van der Waals surface area contributed by atoms with E-state index in [1.54, 1.807) is 0 Å². The van der Waals surface area contributed by atoms with Gasteiger partial charge in [-0.3, -0.25) is 4.18 Å². The highest BCUT2D eigenvalue weighted by atomic mass is 32.2. The Balaban J connectivity index is 2.66. The van der Waals surface area contributed by atoms with Crippen molar-refractivity contribution in [2.75, 3.05) is 19.7 Å². The van der Waals surface area contributed by atoms with Gasteiger partial charge in [0.2, 0.25) is 0 Å². The lowest BCUT2D eigenvalue weighted by Gasteiger charge is -2.14. The fraction of sp³-hybridized carbons (Fsp3) is 1.00. The topological polar surface area (TPSA) is 46.6 Å². The maximum absolute atomic E-state index is 12.6. The molecule has 0 unspecified atom stereocenters. The average Bonchev–Trinajstić information content (AvgIpc) is 2.30. The molecule has 1 aliphatic heterocycles. The quantitative estimate of drug-likeness (QED) is 0.693. The molecule has 1 aliphatic rings. The summed E-state index contributed by atoms with van der Waals surface area (Å²) in [5.74, 6) is -2.91. The molecule has 0 N–H and O–H groups in total. The number of rotatable bonds is 3. The van der Waals surface area contributed by atoms with Gasteiger partial charge in [-0.15, -0.1) is 0 Å². The number of alkyl halides is 2. The molecule has 0 aliphatic carbocycles. The molecule has 7 heteroatoms. The van der Waals surface area contributed by atoms with Gasteiger partial charge in [-0.25, -0.2) is 8.78 Å². The van der Waals surface area contributed by atoms with E-state index in [1.807, 2.05) is 0 Å². The van der Waals surface area contributed by atoms with E-state index < -0.39 is 29.2 Å². The molecule has 1 saturated heterocycles. The van der Waals surface area contributed by atoms with Gasteiger partial charge < -0.3 is 0 Å². The largest absolute Gasteiger partial charge is 0.338 e. The van der Waals surface area contributed by atoms with Crippen LogP contribution in [0.15, 0.2) is 0 Å². The van der Waals surface area contributed by atoms with Gasteiger partial charge in [-0.1, -0.05) is 0 Å². The second-order valence-corrected chi connectivity index (χ2v) is 4.41. The highest BCUT2D eigenvalue weighted by Gasteiger charge is 2.43. The lowest BCUT2D eigenvalue weighted by atomic mass is 10.3. The molecular formula is C6H11F2NO3S. The molecule has 1 rings (SSSR count). The summed E-state index contributed by atoms with van der Waals surface area (Å²) >= 11 is 0. The Morgan fingerprint density at radius 1 is 1.54 bits per heavy atom. The van der Waals surface area contributed by atoms with Crippen LogP contribution < -0.4 is 0 Å². The van der Waals surface area contributed by atoms with E-state index in [0.717, 1.165) is 0 Å². The Labute approximate surface area is 75.7 Å². The van der Waals surface area contributed by atoms with Crippen LogP contribution >= 0.6 is 0 Å². The van der Waals surface area contributed by atoms with Crippen molar-refractivity contribution in [1.29, 1.82) is 0 Å². The Morgan fingerprint density at radius 2 is 2.15 bits per heavy atom. The Hall–Kier alpha value is -0.270. The minimum absolute atomic E-state index is 0.0373. The standard InChI is InChI=1S/C6H11F2NO3S/c1-2-12-13(10,11)9-4-3-6(7,8)5-9/h2-5H2,1H3. The van der Waals surface area contributed by atoms with E-state index >= 15 is 0 Å². The summed E-state index contributed by atoms with van der Waals surface area (Å²) in [6.07, 6.45) is -0.431. The monoisotopic (exact) mass is 215 g/mol. The van der Waals surface area contributed by atoms with Crippen LogP contribution in [0.1, 0.15) is 13.3 Å². The molecule has 4 nitrogen and oxygen atoms in total. The molecule has 0 aromatic heterocycles. The maximum Gasteiger partial charge on any atom is 0.338 e. The zero-order chi connectivity index (χ0) is 10.1. The molecule has 0 atom stereocenters. The smallest absolute Gasteiger partial charge is 0.258 e. The van der Waals surface area contributed by atoms with Crippen molar-refractivity contribution in [2.24, 2.45) is 0 Å². The third-order valence-corrected chi connectivity index (χ3v) is 3.20. The summed E-state index contributed by atoms with van der Waals surface area (Å²) in [4.78, 5) is 0. The third-order valence-electron chi connectivity index (χ3n) is 1.72. The summed E-state index contributed by atoms with van der Waals surface area (Å²) < 4.78 is 52.4. The predicted octanol–water partition coefficient (Wildman–Crippen LogP) is 0.609. The van der Waals surface area contributed by atoms with Gasteiger partial charge in [0.15, 0.2) is 0 Å². The Bertz CT molecular complexity index is 278. The van der Waals surface area contributed by atoms with Crippen LogP contribution in [0.25, 0.3) is 0 Å². The molecule has 0 radical (unpaired) electrons. The zero-order valence-electron chi connectivity index (χ0n) is 7.16. The van der Waals surface area contributed by atoms with Crippen LogP contribution in [0.2, 0.25) is 0 Å². The molecular weight excluding hydrogens is 204 g/mol. The average molecular weight is 215 g/mol. The Kier molecular flexibility index (Phi) is 2.88. The first-order chi connectivity index (χ1) is 5.87. The second-order valence-electron chi connectivity index (χ2n) is 2.80. The fourth-order valence-electron chi connectivity index (χ4n) is 1.12. The van der Waals surface area contributed by atoms with Crippen molar-refractivity contribution in [3.05, 3.63) is 0 Å². The van der Waals surface area contributed by atoms with Crippen molar-refractivity contribution in [3.63, 3.8) is 0 Å². The van der Waals surface area contributed by atoms with Crippen molar-refractivity contribution in [2.45, 2.75) is 19.3 Å². The summed E-state index contributed by atoms with van der Waals surface area (Å²) in [6, 6.07) is 0. The van der Waals surface area contributed by atoms with Gasteiger partial charge in [-0.05, 0) is 6.92 Å². The lowest BCUT2D eigenvalue weighted by molar-refractivity contribution is 0.0175. The molecule has 13 heavy (non-hydrogen) atoms. The first-order valence-electron chi connectivity index (χ1n) is 3.90. The van der Waals surface area contributed by atoms with E-state index in [9.17, 15) is 17.2 Å². The number of nitrogens with zero attached hydrogens (tertiary/aromatic N) is 1. The van der Waals surface area contributed by atoms with Crippen LogP contribution in [-0.2, 0) is 14.5 Å². The first-order valence-corrected chi connectivity index (χ1v) is 5.26. The number of hydrogen-bond acceptors (Lipinski definition) is 3. The van der Waals surface area contributed by atoms with Crippen molar-refractivity contribution < 1.29 is 21.4 Å². The van der Waals surface area contributed by atoms with E-state index in [0.29, 0.717) is 4.31 Å². The molecule has 0 spiro atoms. The fourth-order valence-corrected chi connectivity index (χ4v) is 2.23. The van der Waals surface area contributed by atoms with E-state index in [1.165, 1.54) is 6.92 Å². The minimum atomic E-state index is -3.93. The summed E-state index contributed by atoms with van der Waals surface area (Å²) in [7, 11) is -3.93. The van der Waals surface area contributed by atoms with Gasteiger partial charge >= 0.3 is 10.3 Å². The summed E-state index contributed by atoms with van der Waals surface area (Å²) in [5.41, 5.74) is 0. The van der Waals surface area contributed by atoms with Crippen LogP contribution in [-0.4, -0.2) is 38.3 Å². The van der Waals surface area contributed by atoms with Gasteiger partial charge in [0.25, 0.3) is 5.92 Å². The van der Waals surface area contributed by atoms with Crippen molar-refractivity contribution in [1.82, 2.24) is 4.31 Å². The number of halogens is 2. The Morgan fingerprint density at radius 3 is 2.54 bits per heavy atom. The SMILES string of the molecule is CCOS(=O)(=O)N1CCC(F)(F)C1. The van der Waals surface area contributed by atoms with Gasteiger partial charge in [0.05, 0.1) is 13.2 Å². The molecule has 0 amide bonds. The second kappa shape index (κ2) is 3.47. The highest BCUT2D eigenvalue weighted by molar-refractivity contribution is 7.84. The van der Waals surface area contributed by atoms with Crippen LogP contribution in [0.3, 0.4) is 0 Å². The van der Waals surface area contributed by atoms with Gasteiger partial charge in [0, 0.05) is 13.0 Å². The van der Waals surface area contributed by atoms with Crippen molar-refractivity contribution in [3.8, 4) is 0 Å². The van der Waals surface area contributed by atoms with Crippen LogP contribution in [0.5, 0.6) is 0 Å². The molecule has 0 bridgehead atoms. The van der Waals surface area contributed by atoms with E-state index in [-0.39, 0.29) is 13.2 Å². The molecule has 1 heterocycles. The summed E-state index contributed by atoms with van der Waals surface area (Å²) in [6.45, 7) is 0.515. The minimum Gasteiger partial charge on any atom is -0.258 e. The first kappa shape index (κ1) is 10.8.